The second-order valence-corrected chi connectivity index (χ2v) is 6.12. The number of aliphatic hydroxyl groups is 1. The van der Waals surface area contributed by atoms with Gasteiger partial charge in [-0.05, 0) is 36.1 Å². The Labute approximate surface area is 144 Å². The molecule has 2 aromatic carbocycles. The highest BCUT2D eigenvalue weighted by atomic mass is 19.3. The summed E-state index contributed by atoms with van der Waals surface area (Å²) in [6, 6.07) is 15.4. The van der Waals surface area contributed by atoms with Crippen molar-refractivity contribution < 1.29 is 23.4 Å². The molecule has 3 rings (SSSR count). The number of hydrogen-bond acceptors (Lipinski definition) is 3. The molecular formula is C19H19F2NO3. The molecule has 0 spiro atoms. The van der Waals surface area contributed by atoms with Crippen LogP contribution in [-0.4, -0.2) is 24.2 Å². The van der Waals surface area contributed by atoms with Crippen molar-refractivity contribution in [3.8, 4) is 5.75 Å². The van der Waals surface area contributed by atoms with E-state index in [2.05, 4.69) is 10.1 Å². The van der Waals surface area contributed by atoms with E-state index in [4.69, 9.17) is 0 Å². The van der Waals surface area contributed by atoms with Gasteiger partial charge in [0.15, 0.2) is 0 Å². The van der Waals surface area contributed by atoms with E-state index < -0.39 is 18.1 Å². The molecule has 1 amide bonds. The van der Waals surface area contributed by atoms with Crippen LogP contribution in [0.25, 0.3) is 0 Å². The van der Waals surface area contributed by atoms with Gasteiger partial charge in [-0.2, -0.15) is 8.78 Å². The maximum atomic E-state index is 12.5. The zero-order valence-electron chi connectivity index (χ0n) is 13.5. The zero-order chi connectivity index (χ0) is 17.9. The second-order valence-electron chi connectivity index (χ2n) is 6.12. The van der Waals surface area contributed by atoms with E-state index in [-0.39, 0.29) is 18.2 Å². The Morgan fingerprint density at radius 3 is 2.52 bits per heavy atom. The summed E-state index contributed by atoms with van der Waals surface area (Å²) in [5.41, 5.74) is 0.860. The van der Waals surface area contributed by atoms with Crippen LogP contribution in [0.1, 0.15) is 30.1 Å². The number of nitrogens with one attached hydrogen (secondary N) is 1. The monoisotopic (exact) mass is 347 g/mol. The summed E-state index contributed by atoms with van der Waals surface area (Å²) in [7, 11) is 0. The van der Waals surface area contributed by atoms with Crippen molar-refractivity contribution in [1.29, 1.82) is 0 Å². The van der Waals surface area contributed by atoms with Gasteiger partial charge in [0.1, 0.15) is 5.75 Å². The van der Waals surface area contributed by atoms with Gasteiger partial charge in [0.05, 0.1) is 11.5 Å². The molecule has 6 heteroatoms. The van der Waals surface area contributed by atoms with Gasteiger partial charge in [-0.15, -0.1) is 0 Å². The lowest BCUT2D eigenvalue weighted by molar-refractivity contribution is -0.124. The van der Waals surface area contributed by atoms with Crippen molar-refractivity contribution in [2.75, 3.05) is 6.54 Å². The molecule has 0 bridgehead atoms. The first-order valence-corrected chi connectivity index (χ1v) is 8.08. The number of aliphatic hydroxyl groups excluding tert-OH is 1. The number of alkyl halides is 2. The fourth-order valence-electron chi connectivity index (χ4n) is 2.90. The van der Waals surface area contributed by atoms with Gasteiger partial charge < -0.3 is 15.2 Å². The van der Waals surface area contributed by atoms with Gasteiger partial charge in [-0.1, -0.05) is 42.5 Å². The van der Waals surface area contributed by atoms with E-state index in [1.807, 2.05) is 30.3 Å². The summed E-state index contributed by atoms with van der Waals surface area (Å²) in [5, 5.41) is 13.0. The molecule has 1 aliphatic carbocycles. The largest absolute Gasteiger partial charge is 0.435 e. The normalized spacial score (nSPS) is 16.3. The summed E-state index contributed by atoms with van der Waals surface area (Å²) in [6.07, 6.45) is 0.546. The molecule has 132 valence electrons. The number of carbonyl (C=O) groups is 1. The highest BCUT2D eigenvalue weighted by molar-refractivity contribution is 5.91. The van der Waals surface area contributed by atoms with Gasteiger partial charge in [-0.3, -0.25) is 4.79 Å². The van der Waals surface area contributed by atoms with Crippen molar-refractivity contribution >= 4 is 5.91 Å². The Morgan fingerprint density at radius 1 is 1.16 bits per heavy atom. The fraction of sp³-hybridized carbons (Fsp3) is 0.316. The van der Waals surface area contributed by atoms with Crippen LogP contribution >= 0.6 is 0 Å². The van der Waals surface area contributed by atoms with Crippen molar-refractivity contribution in [2.24, 2.45) is 0 Å². The molecule has 25 heavy (non-hydrogen) atoms. The molecule has 0 saturated heterocycles. The molecule has 0 aliphatic heterocycles. The summed E-state index contributed by atoms with van der Waals surface area (Å²) < 4.78 is 28.9. The van der Waals surface area contributed by atoms with E-state index in [1.165, 1.54) is 18.2 Å². The maximum Gasteiger partial charge on any atom is 0.387 e. The molecule has 1 unspecified atom stereocenters. The molecule has 1 aliphatic rings. The number of hydrogen-bond donors (Lipinski definition) is 2. The van der Waals surface area contributed by atoms with Crippen LogP contribution in [0.5, 0.6) is 5.75 Å². The Bertz CT molecular complexity index is 732. The van der Waals surface area contributed by atoms with Gasteiger partial charge in [0.25, 0.3) is 0 Å². The lowest BCUT2D eigenvalue weighted by Crippen LogP contribution is -2.37. The van der Waals surface area contributed by atoms with E-state index >= 15 is 0 Å². The van der Waals surface area contributed by atoms with Gasteiger partial charge >= 0.3 is 6.61 Å². The summed E-state index contributed by atoms with van der Waals surface area (Å²) >= 11 is 0. The summed E-state index contributed by atoms with van der Waals surface area (Å²) in [5.74, 6) is -0.154. The van der Waals surface area contributed by atoms with E-state index in [0.717, 1.165) is 18.4 Å². The zero-order valence-corrected chi connectivity index (χ0v) is 13.5. The number of halogens is 2. The van der Waals surface area contributed by atoms with Crippen molar-refractivity contribution in [3.05, 3.63) is 65.7 Å². The minimum Gasteiger partial charge on any atom is -0.435 e. The predicted octanol–water partition coefficient (Wildman–Crippen LogP) is 3.17. The lowest BCUT2D eigenvalue weighted by Gasteiger charge is -2.18. The average molecular weight is 347 g/mol. The van der Waals surface area contributed by atoms with Crippen LogP contribution in [-0.2, 0) is 10.2 Å². The van der Waals surface area contributed by atoms with Crippen LogP contribution in [0.4, 0.5) is 8.78 Å². The lowest BCUT2D eigenvalue weighted by atomic mass is 9.95. The highest BCUT2D eigenvalue weighted by Gasteiger charge is 2.51. The van der Waals surface area contributed by atoms with Crippen LogP contribution in [0.3, 0.4) is 0 Å². The molecule has 0 heterocycles. The Balaban J connectivity index is 1.61. The molecule has 2 N–H and O–H groups in total. The maximum absolute atomic E-state index is 12.5. The molecule has 0 radical (unpaired) electrons. The number of benzene rings is 2. The average Bonchev–Trinajstić information content (AvgIpc) is 3.42. The molecule has 4 nitrogen and oxygen atoms in total. The molecule has 0 aromatic heterocycles. The first-order valence-electron chi connectivity index (χ1n) is 8.08. The first kappa shape index (κ1) is 17.4. The van der Waals surface area contributed by atoms with Crippen LogP contribution in [0.2, 0.25) is 0 Å². The van der Waals surface area contributed by atoms with E-state index in [9.17, 15) is 18.7 Å². The number of carbonyl (C=O) groups excluding carboxylic acids is 1. The molecule has 1 saturated carbocycles. The summed E-state index contributed by atoms with van der Waals surface area (Å²) in [4.78, 5) is 12.5. The summed E-state index contributed by atoms with van der Waals surface area (Å²) in [6.45, 7) is -2.92. The molecule has 2 aromatic rings. The predicted molar refractivity (Wildman–Crippen MR) is 88.4 cm³/mol. The third-order valence-corrected chi connectivity index (χ3v) is 4.44. The highest BCUT2D eigenvalue weighted by Crippen LogP contribution is 2.48. The Morgan fingerprint density at radius 2 is 1.88 bits per heavy atom. The Hall–Kier alpha value is -2.47. The van der Waals surface area contributed by atoms with E-state index in [0.29, 0.717) is 5.56 Å². The third-order valence-electron chi connectivity index (χ3n) is 4.44. The van der Waals surface area contributed by atoms with Crippen molar-refractivity contribution in [2.45, 2.75) is 31.0 Å². The minimum absolute atomic E-state index is 0.00550. The number of ether oxygens (including phenoxy) is 1. The van der Waals surface area contributed by atoms with Crippen molar-refractivity contribution in [1.82, 2.24) is 5.32 Å². The SMILES string of the molecule is O=C(NCC(O)c1cccc(OC(F)F)c1)C1(c2ccccc2)CC1. The first-order chi connectivity index (χ1) is 12.0. The fourth-order valence-corrected chi connectivity index (χ4v) is 2.90. The van der Waals surface area contributed by atoms with Crippen LogP contribution < -0.4 is 10.1 Å². The minimum atomic E-state index is -2.92. The standard InChI is InChI=1S/C19H19F2NO3/c20-18(21)25-15-8-4-5-13(11-15)16(23)12-22-17(24)19(9-10-19)14-6-2-1-3-7-14/h1-8,11,16,18,23H,9-10,12H2,(H,22,24). The van der Waals surface area contributed by atoms with E-state index in [1.54, 1.807) is 6.07 Å². The molecule has 1 atom stereocenters. The third kappa shape index (κ3) is 3.96. The van der Waals surface area contributed by atoms with Crippen LogP contribution in [0, 0.1) is 0 Å². The number of rotatable bonds is 7. The van der Waals surface area contributed by atoms with Crippen molar-refractivity contribution in [3.63, 3.8) is 0 Å². The van der Waals surface area contributed by atoms with Gasteiger partial charge in [-0.25, -0.2) is 0 Å². The topological polar surface area (TPSA) is 58.6 Å². The van der Waals surface area contributed by atoms with Gasteiger partial charge in [0, 0.05) is 6.54 Å². The quantitative estimate of drug-likeness (QED) is 0.809. The molecule has 1 fully saturated rings. The molecular weight excluding hydrogens is 328 g/mol. The smallest absolute Gasteiger partial charge is 0.387 e. The second kappa shape index (κ2) is 7.19. The van der Waals surface area contributed by atoms with Gasteiger partial charge in [0.2, 0.25) is 5.91 Å². The number of amides is 1. The van der Waals surface area contributed by atoms with Crippen LogP contribution in [0.15, 0.2) is 54.6 Å². The Kier molecular flexibility index (Phi) is 4.99.